The molecule has 1 unspecified atom stereocenters. The summed E-state index contributed by atoms with van der Waals surface area (Å²) in [7, 11) is 0. The minimum atomic E-state index is -0.519. The zero-order valence-electron chi connectivity index (χ0n) is 18.7. The zero-order valence-corrected chi connectivity index (χ0v) is 19.5. The van der Waals surface area contributed by atoms with Crippen LogP contribution in [0.15, 0.2) is 77.8 Å². The van der Waals surface area contributed by atoms with Gasteiger partial charge < -0.3 is 10.1 Å². The highest BCUT2D eigenvalue weighted by Crippen LogP contribution is 2.36. The number of hydrogen-bond donors (Lipinski definition) is 1. The average molecular weight is 460 g/mol. The lowest BCUT2D eigenvalue weighted by Crippen LogP contribution is -2.19. The quantitative estimate of drug-likeness (QED) is 0.367. The third kappa shape index (κ3) is 5.40. The summed E-state index contributed by atoms with van der Waals surface area (Å²) in [4.78, 5) is 13.4. The zero-order chi connectivity index (χ0) is 23.2. The maximum atomic E-state index is 13.4. The van der Waals surface area contributed by atoms with Gasteiger partial charge in [-0.3, -0.25) is 4.79 Å². The molecule has 33 heavy (non-hydrogen) atoms. The molecule has 0 aliphatic carbocycles. The molecule has 1 atom stereocenters. The molecular formula is C25H25N5O2S. The van der Waals surface area contributed by atoms with Crippen molar-refractivity contribution in [2.24, 2.45) is 0 Å². The fourth-order valence-corrected chi connectivity index (χ4v) is 4.36. The molecule has 0 radical (unpaired) electrons. The Bertz CT molecular complexity index is 1230. The third-order valence-electron chi connectivity index (χ3n) is 4.88. The molecule has 168 valence electrons. The van der Waals surface area contributed by atoms with Crippen LogP contribution in [0.25, 0.3) is 5.82 Å². The summed E-state index contributed by atoms with van der Waals surface area (Å²) in [5.41, 5.74) is 3.41. The van der Waals surface area contributed by atoms with Gasteiger partial charge in [-0.1, -0.05) is 54.2 Å². The molecule has 0 fully saturated rings. The number of carbonyl (C=O) groups is 1. The molecule has 4 rings (SSSR count). The smallest absolute Gasteiger partial charge is 0.242 e. The van der Waals surface area contributed by atoms with Crippen LogP contribution in [-0.2, 0) is 4.79 Å². The predicted octanol–water partition coefficient (Wildman–Crippen LogP) is 5.15. The second-order valence-electron chi connectivity index (χ2n) is 7.40. The second-order valence-corrected chi connectivity index (χ2v) is 8.52. The number of carbonyl (C=O) groups excluding carboxylic acids is 1. The third-order valence-corrected chi connectivity index (χ3v) is 6.06. The van der Waals surface area contributed by atoms with E-state index in [-0.39, 0.29) is 5.91 Å². The lowest BCUT2D eigenvalue weighted by atomic mass is 10.1. The van der Waals surface area contributed by atoms with Gasteiger partial charge in [0.15, 0.2) is 5.82 Å². The van der Waals surface area contributed by atoms with Crippen LogP contribution in [-0.4, -0.2) is 32.5 Å². The summed E-state index contributed by atoms with van der Waals surface area (Å²) >= 11 is 1.35. The molecule has 2 aromatic carbocycles. The molecule has 0 bridgehead atoms. The van der Waals surface area contributed by atoms with Gasteiger partial charge in [0.1, 0.15) is 16.0 Å². The van der Waals surface area contributed by atoms with Crippen LogP contribution in [0.4, 0.5) is 5.69 Å². The minimum absolute atomic E-state index is 0.164. The number of nitrogens with one attached hydrogen (secondary N) is 1. The van der Waals surface area contributed by atoms with Gasteiger partial charge in [0.25, 0.3) is 0 Å². The van der Waals surface area contributed by atoms with Gasteiger partial charge in [0.05, 0.1) is 18.0 Å². The number of anilines is 1. The molecule has 0 spiro atoms. The monoisotopic (exact) mass is 459 g/mol. The summed E-state index contributed by atoms with van der Waals surface area (Å²) in [6.45, 7) is 6.34. The van der Waals surface area contributed by atoms with E-state index in [1.54, 1.807) is 4.68 Å². The van der Waals surface area contributed by atoms with Crippen molar-refractivity contribution in [2.75, 3.05) is 11.9 Å². The standard InChI is InChI=1S/C25H25N5O2S/c1-4-32-21-13-9-8-12-20(21)26-25(31)24(19-10-6-5-7-11-19)33-23-15-14-22(27-28-23)30-18(3)16-17(2)29-30/h5-16,24H,4H2,1-3H3,(H,26,31). The molecule has 0 saturated heterocycles. The Hall–Kier alpha value is -3.65. The summed E-state index contributed by atoms with van der Waals surface area (Å²) < 4.78 is 7.41. The van der Waals surface area contributed by atoms with Crippen molar-refractivity contribution >= 4 is 23.4 Å². The number of thioether (sulfide) groups is 1. The number of ether oxygens (including phenoxy) is 1. The summed E-state index contributed by atoms with van der Waals surface area (Å²) in [6.07, 6.45) is 0. The van der Waals surface area contributed by atoms with Crippen molar-refractivity contribution in [1.29, 1.82) is 0 Å². The molecular weight excluding hydrogens is 434 g/mol. The van der Waals surface area contributed by atoms with E-state index in [9.17, 15) is 4.79 Å². The summed E-state index contributed by atoms with van der Waals surface area (Å²) in [6, 6.07) is 22.8. The number of benzene rings is 2. The van der Waals surface area contributed by atoms with Crippen molar-refractivity contribution in [3.63, 3.8) is 0 Å². The number of hydrogen-bond acceptors (Lipinski definition) is 6. The van der Waals surface area contributed by atoms with Crippen molar-refractivity contribution in [3.05, 3.63) is 89.7 Å². The first-order valence-corrected chi connectivity index (χ1v) is 11.5. The molecule has 2 aromatic heterocycles. The van der Waals surface area contributed by atoms with Crippen LogP contribution in [0.2, 0.25) is 0 Å². The maximum Gasteiger partial charge on any atom is 0.242 e. The minimum Gasteiger partial charge on any atom is -0.492 e. The number of amides is 1. The Balaban J connectivity index is 1.58. The molecule has 7 nitrogen and oxygen atoms in total. The Morgan fingerprint density at radius 2 is 1.79 bits per heavy atom. The molecule has 0 aliphatic rings. The molecule has 1 N–H and O–H groups in total. The van der Waals surface area contributed by atoms with Crippen LogP contribution in [0.1, 0.15) is 29.1 Å². The molecule has 0 aliphatic heterocycles. The molecule has 2 heterocycles. The van der Waals surface area contributed by atoms with E-state index in [0.29, 0.717) is 28.9 Å². The number of aromatic nitrogens is 4. The average Bonchev–Trinajstić information content (AvgIpc) is 3.17. The van der Waals surface area contributed by atoms with Crippen LogP contribution in [0.3, 0.4) is 0 Å². The number of para-hydroxylation sites is 2. The molecule has 4 aromatic rings. The Morgan fingerprint density at radius 1 is 1.03 bits per heavy atom. The fourth-order valence-electron chi connectivity index (χ4n) is 3.42. The lowest BCUT2D eigenvalue weighted by Gasteiger charge is -2.18. The van der Waals surface area contributed by atoms with Crippen LogP contribution in [0, 0.1) is 13.8 Å². The largest absolute Gasteiger partial charge is 0.492 e. The van der Waals surface area contributed by atoms with Crippen LogP contribution >= 0.6 is 11.8 Å². The number of nitrogens with zero attached hydrogens (tertiary/aromatic N) is 4. The van der Waals surface area contributed by atoms with Gasteiger partial charge in [-0.05, 0) is 56.7 Å². The summed E-state index contributed by atoms with van der Waals surface area (Å²) in [5.74, 6) is 1.11. The van der Waals surface area contributed by atoms with Gasteiger partial charge in [-0.2, -0.15) is 5.10 Å². The highest BCUT2D eigenvalue weighted by Gasteiger charge is 2.24. The van der Waals surface area contributed by atoms with Gasteiger partial charge in [-0.25, -0.2) is 4.68 Å². The Morgan fingerprint density at radius 3 is 2.45 bits per heavy atom. The Labute approximate surface area is 197 Å². The van der Waals surface area contributed by atoms with E-state index in [0.717, 1.165) is 17.0 Å². The Kier molecular flexibility index (Phi) is 7.04. The SMILES string of the molecule is CCOc1ccccc1NC(=O)C(Sc1ccc(-n2nc(C)cc2C)nn1)c1ccccc1. The van der Waals surface area contributed by atoms with Gasteiger partial charge >= 0.3 is 0 Å². The predicted molar refractivity (Wildman–Crippen MR) is 130 cm³/mol. The van der Waals surface area contributed by atoms with Crippen LogP contribution < -0.4 is 10.1 Å². The second kappa shape index (κ2) is 10.3. The molecule has 0 saturated carbocycles. The normalized spacial score (nSPS) is 11.7. The van der Waals surface area contributed by atoms with Crippen molar-refractivity contribution < 1.29 is 9.53 Å². The van der Waals surface area contributed by atoms with E-state index in [1.165, 1.54) is 11.8 Å². The van der Waals surface area contributed by atoms with Crippen molar-refractivity contribution in [3.8, 4) is 11.6 Å². The molecule has 8 heteroatoms. The van der Waals surface area contributed by atoms with Crippen LogP contribution in [0.5, 0.6) is 5.75 Å². The highest BCUT2D eigenvalue weighted by molar-refractivity contribution is 8.00. The molecule has 1 amide bonds. The topological polar surface area (TPSA) is 81.9 Å². The highest BCUT2D eigenvalue weighted by atomic mass is 32.2. The van der Waals surface area contributed by atoms with Gasteiger partial charge in [0, 0.05) is 5.69 Å². The first kappa shape index (κ1) is 22.5. The van der Waals surface area contributed by atoms with Crippen molar-refractivity contribution in [2.45, 2.75) is 31.0 Å². The van der Waals surface area contributed by atoms with E-state index in [4.69, 9.17) is 4.74 Å². The van der Waals surface area contributed by atoms with E-state index >= 15 is 0 Å². The number of rotatable bonds is 8. The van der Waals surface area contributed by atoms with E-state index in [1.807, 2.05) is 93.6 Å². The van der Waals surface area contributed by atoms with Gasteiger partial charge in [-0.15, -0.1) is 10.2 Å². The van der Waals surface area contributed by atoms with E-state index in [2.05, 4.69) is 20.6 Å². The first-order chi connectivity index (χ1) is 16.0. The first-order valence-electron chi connectivity index (χ1n) is 10.7. The van der Waals surface area contributed by atoms with Gasteiger partial charge in [0.2, 0.25) is 5.91 Å². The summed E-state index contributed by atoms with van der Waals surface area (Å²) in [5, 5.41) is 16.3. The lowest BCUT2D eigenvalue weighted by molar-refractivity contribution is -0.115. The number of aryl methyl sites for hydroxylation is 2. The fraction of sp³-hybridized carbons (Fsp3) is 0.200. The van der Waals surface area contributed by atoms with E-state index < -0.39 is 5.25 Å². The maximum absolute atomic E-state index is 13.4. The van der Waals surface area contributed by atoms with Crippen molar-refractivity contribution in [1.82, 2.24) is 20.0 Å².